The first kappa shape index (κ1) is 12.7. The van der Waals surface area contributed by atoms with Crippen molar-refractivity contribution >= 4 is 5.91 Å². The molecule has 0 heterocycles. The van der Waals surface area contributed by atoms with Crippen molar-refractivity contribution in [2.24, 2.45) is 0 Å². The first-order chi connectivity index (χ1) is 6.58. The summed E-state index contributed by atoms with van der Waals surface area (Å²) in [5.41, 5.74) is 1.99. The monoisotopic (exact) mass is 193 g/mol. The predicted molar refractivity (Wildman–Crippen MR) is 60.8 cm³/mol. The van der Waals surface area contributed by atoms with E-state index in [1.165, 1.54) is 0 Å². The molecular formula is C12H19NO. The van der Waals surface area contributed by atoms with Crippen LogP contribution in [-0.4, -0.2) is 17.9 Å². The molecule has 0 unspecified atom stereocenters. The smallest absolute Gasteiger partial charge is 0.226 e. The summed E-state index contributed by atoms with van der Waals surface area (Å²) in [7, 11) is 1.79. The molecule has 2 heteroatoms. The second kappa shape index (κ2) is 6.19. The van der Waals surface area contributed by atoms with E-state index >= 15 is 0 Å². The first-order valence-corrected chi connectivity index (χ1v) is 4.81. The molecule has 0 N–H and O–H groups in total. The maximum atomic E-state index is 11.5. The molecular weight excluding hydrogens is 174 g/mol. The molecule has 2 nitrogen and oxygen atoms in total. The third-order valence-electron chi connectivity index (χ3n) is 2.15. The lowest BCUT2D eigenvalue weighted by molar-refractivity contribution is -0.127. The number of hydrogen-bond acceptors (Lipinski definition) is 1. The van der Waals surface area contributed by atoms with Crippen molar-refractivity contribution in [1.82, 2.24) is 4.90 Å². The fraction of sp³-hybridized carbons (Fsp3) is 0.417. The third kappa shape index (κ3) is 3.21. The van der Waals surface area contributed by atoms with Crippen LogP contribution in [0.15, 0.2) is 36.1 Å². The molecule has 0 aromatic heterocycles. The van der Waals surface area contributed by atoms with Crippen LogP contribution in [0.3, 0.4) is 0 Å². The number of nitrogens with zero attached hydrogens (tertiary/aromatic N) is 1. The van der Waals surface area contributed by atoms with Crippen molar-refractivity contribution < 1.29 is 4.79 Å². The van der Waals surface area contributed by atoms with Crippen LogP contribution < -0.4 is 0 Å². The summed E-state index contributed by atoms with van der Waals surface area (Å²) in [5.74, 6) is 0.110. The quantitative estimate of drug-likeness (QED) is 0.629. The zero-order chi connectivity index (χ0) is 11.1. The van der Waals surface area contributed by atoms with Crippen LogP contribution in [-0.2, 0) is 4.79 Å². The van der Waals surface area contributed by atoms with E-state index < -0.39 is 0 Å². The lowest BCUT2D eigenvalue weighted by atomic mass is 10.1. The van der Waals surface area contributed by atoms with Crippen LogP contribution >= 0.6 is 0 Å². The first-order valence-electron chi connectivity index (χ1n) is 4.81. The fourth-order valence-corrected chi connectivity index (χ4v) is 1.14. The Hall–Kier alpha value is -1.31. The highest BCUT2D eigenvalue weighted by Gasteiger charge is 2.11. The number of rotatable bonds is 4. The summed E-state index contributed by atoms with van der Waals surface area (Å²) in [6, 6.07) is 0. The van der Waals surface area contributed by atoms with Gasteiger partial charge in [0.05, 0.1) is 0 Å². The number of amides is 1. The molecule has 0 saturated carbocycles. The highest BCUT2D eigenvalue weighted by atomic mass is 16.2. The molecule has 78 valence electrons. The summed E-state index contributed by atoms with van der Waals surface area (Å²) in [6.07, 6.45) is 6.04. The van der Waals surface area contributed by atoms with Crippen LogP contribution in [0.1, 0.15) is 27.2 Å². The predicted octanol–water partition coefficient (Wildman–Crippen LogP) is 2.89. The summed E-state index contributed by atoms with van der Waals surface area (Å²) >= 11 is 0. The summed E-state index contributed by atoms with van der Waals surface area (Å²) in [6.45, 7) is 9.44. The largest absolute Gasteiger partial charge is 0.315 e. The van der Waals surface area contributed by atoms with E-state index in [1.54, 1.807) is 18.0 Å². The number of carbonyl (C=O) groups is 1. The number of hydrogen-bond donors (Lipinski definition) is 0. The van der Waals surface area contributed by atoms with Crippen molar-refractivity contribution in [1.29, 1.82) is 0 Å². The van der Waals surface area contributed by atoms with Crippen molar-refractivity contribution in [3.63, 3.8) is 0 Å². The molecule has 0 rings (SSSR count). The van der Waals surface area contributed by atoms with E-state index in [0.717, 1.165) is 11.3 Å². The van der Waals surface area contributed by atoms with Gasteiger partial charge in [0.2, 0.25) is 5.91 Å². The van der Waals surface area contributed by atoms with E-state index in [0.29, 0.717) is 6.42 Å². The summed E-state index contributed by atoms with van der Waals surface area (Å²) < 4.78 is 0. The van der Waals surface area contributed by atoms with E-state index in [2.05, 4.69) is 6.58 Å². The molecule has 0 atom stereocenters. The molecule has 0 aromatic rings. The van der Waals surface area contributed by atoms with Gasteiger partial charge in [0.15, 0.2) is 0 Å². The Morgan fingerprint density at radius 1 is 1.50 bits per heavy atom. The van der Waals surface area contributed by atoms with Gasteiger partial charge in [-0.1, -0.05) is 25.7 Å². The highest BCUT2D eigenvalue weighted by molar-refractivity contribution is 5.78. The zero-order valence-electron chi connectivity index (χ0n) is 9.50. The van der Waals surface area contributed by atoms with Crippen LogP contribution in [0.2, 0.25) is 0 Å². The fourth-order valence-electron chi connectivity index (χ4n) is 1.14. The van der Waals surface area contributed by atoms with Crippen LogP contribution in [0.4, 0.5) is 0 Å². The van der Waals surface area contributed by atoms with Gasteiger partial charge in [0.25, 0.3) is 0 Å². The Morgan fingerprint density at radius 3 is 2.43 bits per heavy atom. The number of carbonyl (C=O) groups excluding carboxylic acids is 1. The molecule has 1 amide bonds. The second-order valence-corrected chi connectivity index (χ2v) is 3.07. The molecule has 0 fully saturated rings. The van der Waals surface area contributed by atoms with Gasteiger partial charge in [0, 0.05) is 19.2 Å². The highest BCUT2D eigenvalue weighted by Crippen LogP contribution is 2.14. The van der Waals surface area contributed by atoms with Gasteiger partial charge < -0.3 is 4.90 Å². The van der Waals surface area contributed by atoms with Crippen LogP contribution in [0.5, 0.6) is 0 Å². The van der Waals surface area contributed by atoms with Crippen molar-refractivity contribution in [3.8, 4) is 0 Å². The Balaban J connectivity index is 4.94. The Bertz CT molecular complexity index is 274. The average Bonchev–Trinajstić information content (AvgIpc) is 2.22. The van der Waals surface area contributed by atoms with E-state index in [1.807, 2.05) is 32.9 Å². The maximum absolute atomic E-state index is 11.5. The van der Waals surface area contributed by atoms with Gasteiger partial charge in [-0.2, -0.15) is 0 Å². The zero-order valence-corrected chi connectivity index (χ0v) is 9.50. The summed E-state index contributed by atoms with van der Waals surface area (Å²) in [5, 5.41) is 0. The van der Waals surface area contributed by atoms with E-state index in [4.69, 9.17) is 0 Å². The maximum Gasteiger partial charge on any atom is 0.226 e. The van der Waals surface area contributed by atoms with Gasteiger partial charge >= 0.3 is 0 Å². The Kier molecular flexibility index (Phi) is 5.61. The minimum atomic E-state index is 0.110. The molecule has 0 aliphatic carbocycles. The molecule has 0 saturated heterocycles. The van der Waals surface area contributed by atoms with E-state index in [9.17, 15) is 4.79 Å². The van der Waals surface area contributed by atoms with E-state index in [-0.39, 0.29) is 5.91 Å². The molecule has 0 aromatic carbocycles. The molecule has 0 radical (unpaired) electrons. The number of allylic oxidation sites excluding steroid dienone is 4. The topological polar surface area (TPSA) is 20.3 Å². The van der Waals surface area contributed by atoms with Crippen molar-refractivity contribution in [2.75, 3.05) is 7.05 Å². The standard InChI is InChI=1S/C12H19NO/c1-6-9-11(10(4)7-2)13(5)12(14)8-3/h6-7,9H,1,8H2,2-5H3/b10-7-,11-9+. The van der Waals surface area contributed by atoms with Crippen molar-refractivity contribution in [3.05, 3.63) is 36.1 Å². The van der Waals surface area contributed by atoms with Gasteiger partial charge in [-0.3, -0.25) is 4.79 Å². The van der Waals surface area contributed by atoms with Crippen LogP contribution in [0.25, 0.3) is 0 Å². The van der Waals surface area contributed by atoms with Gasteiger partial charge in [-0.25, -0.2) is 0 Å². The lowest BCUT2D eigenvalue weighted by Gasteiger charge is -2.20. The Labute approximate surface area is 86.6 Å². The molecule has 0 aliphatic heterocycles. The Morgan fingerprint density at radius 2 is 2.07 bits per heavy atom. The molecule has 0 bridgehead atoms. The lowest BCUT2D eigenvalue weighted by Crippen LogP contribution is -2.25. The average molecular weight is 193 g/mol. The minimum Gasteiger partial charge on any atom is -0.315 e. The normalized spacial score (nSPS) is 12.6. The van der Waals surface area contributed by atoms with Crippen molar-refractivity contribution in [2.45, 2.75) is 27.2 Å². The third-order valence-corrected chi connectivity index (χ3v) is 2.15. The van der Waals surface area contributed by atoms with Gasteiger partial charge in [-0.05, 0) is 25.5 Å². The summed E-state index contributed by atoms with van der Waals surface area (Å²) in [4.78, 5) is 13.1. The SMILES string of the molecule is C=C/C=C(\C(C)=C/C)N(C)C(=O)CC. The molecule has 14 heavy (non-hydrogen) atoms. The molecule has 0 spiro atoms. The van der Waals surface area contributed by atoms with Gasteiger partial charge in [-0.15, -0.1) is 0 Å². The molecule has 0 aliphatic rings. The van der Waals surface area contributed by atoms with Gasteiger partial charge in [0.1, 0.15) is 0 Å². The number of likely N-dealkylation sites (N-methyl/N-ethyl adjacent to an activating group) is 1. The minimum absolute atomic E-state index is 0.110. The second-order valence-electron chi connectivity index (χ2n) is 3.07. The van der Waals surface area contributed by atoms with Crippen LogP contribution in [0, 0.1) is 0 Å².